The van der Waals surface area contributed by atoms with Gasteiger partial charge in [-0.2, -0.15) is 0 Å². The number of carbonyl (C=O) groups excluding carboxylic acids is 3. The van der Waals surface area contributed by atoms with Crippen LogP contribution in [0.25, 0.3) is 0 Å². The molecule has 8 nitrogen and oxygen atoms in total. The van der Waals surface area contributed by atoms with E-state index in [0.29, 0.717) is 24.1 Å². The molecule has 2 atom stereocenters. The zero-order valence-corrected chi connectivity index (χ0v) is 23.0. The van der Waals surface area contributed by atoms with Crippen LogP contribution in [-0.4, -0.2) is 52.6 Å². The summed E-state index contributed by atoms with van der Waals surface area (Å²) in [5, 5.41) is 15.7. The number of alkyl carbamates (subject to hydrolysis) is 1. The third-order valence-electron chi connectivity index (χ3n) is 5.48. The Morgan fingerprint density at radius 2 is 1.86 bits per heavy atom. The molecule has 0 aliphatic rings. The number of phenols is 1. The largest absolute Gasteiger partial charge is 0.508 e. The molecule has 36 heavy (non-hydrogen) atoms. The molecule has 0 spiro atoms. The molecule has 0 fully saturated rings. The van der Waals surface area contributed by atoms with E-state index < -0.39 is 29.7 Å². The highest BCUT2D eigenvalue weighted by Crippen LogP contribution is 2.27. The fraction of sp³-hybridized carbons (Fsp3) is 0.607. The molecule has 1 rings (SSSR count). The normalized spacial score (nSPS) is 13.0. The fourth-order valence-electron chi connectivity index (χ4n) is 3.81. The van der Waals surface area contributed by atoms with Gasteiger partial charge in [-0.1, -0.05) is 45.8 Å². The van der Waals surface area contributed by atoms with E-state index in [9.17, 15) is 19.5 Å². The summed E-state index contributed by atoms with van der Waals surface area (Å²) < 4.78 is 5.39. The smallest absolute Gasteiger partial charge is 0.408 e. The Morgan fingerprint density at radius 1 is 1.19 bits per heavy atom. The lowest BCUT2D eigenvalue weighted by molar-refractivity contribution is -0.142. The number of hydrogen-bond donors (Lipinski definition) is 3. The van der Waals surface area contributed by atoms with Gasteiger partial charge in [0.25, 0.3) is 0 Å². The zero-order valence-electron chi connectivity index (χ0n) is 23.0. The van der Waals surface area contributed by atoms with Gasteiger partial charge in [0.2, 0.25) is 11.8 Å². The Hall–Kier alpha value is -3.03. The Morgan fingerprint density at radius 3 is 2.39 bits per heavy atom. The molecule has 8 heteroatoms. The minimum Gasteiger partial charge on any atom is -0.508 e. The monoisotopic (exact) mass is 503 g/mol. The van der Waals surface area contributed by atoms with Crippen LogP contribution < -0.4 is 10.6 Å². The van der Waals surface area contributed by atoms with Crippen LogP contribution in [0.2, 0.25) is 0 Å². The van der Waals surface area contributed by atoms with Crippen molar-refractivity contribution in [1.29, 1.82) is 0 Å². The molecule has 0 aromatic heterocycles. The number of hydrogen-bond acceptors (Lipinski definition) is 5. The van der Waals surface area contributed by atoms with Gasteiger partial charge in [-0.3, -0.25) is 9.59 Å². The standard InChI is InChI=1S/C28H45N3O5/c1-9-11-12-15-29-25(33)24(21-13-14-23(32)20(5)18-21)31(16-10-2)26(34)22(17-19(3)4)30-27(35)36-28(6,7)8/h10,13-14,18-19,22,24,32H,2,9,11-12,15-17H2,1,3-8H3,(H,29,33)(H,30,35). The van der Waals surface area contributed by atoms with Crippen LogP contribution in [0.5, 0.6) is 5.75 Å². The van der Waals surface area contributed by atoms with Gasteiger partial charge in [0.05, 0.1) is 0 Å². The summed E-state index contributed by atoms with van der Waals surface area (Å²) in [7, 11) is 0. The second kappa shape index (κ2) is 14.5. The van der Waals surface area contributed by atoms with Crippen LogP contribution in [0.15, 0.2) is 30.9 Å². The highest BCUT2D eigenvalue weighted by molar-refractivity contribution is 5.92. The molecule has 1 aromatic rings. The SMILES string of the molecule is C=CCN(C(=O)C(CC(C)C)NC(=O)OC(C)(C)C)C(C(=O)NCCCCC)c1ccc(O)c(C)c1. The van der Waals surface area contributed by atoms with Gasteiger partial charge < -0.3 is 25.4 Å². The van der Waals surface area contributed by atoms with Crippen molar-refractivity contribution in [2.45, 2.75) is 91.8 Å². The van der Waals surface area contributed by atoms with Gasteiger partial charge in [0.1, 0.15) is 23.4 Å². The van der Waals surface area contributed by atoms with E-state index in [0.717, 1.165) is 19.3 Å². The number of ether oxygens (including phenoxy) is 1. The Balaban J connectivity index is 3.41. The number of aromatic hydroxyl groups is 1. The van der Waals surface area contributed by atoms with Gasteiger partial charge in [-0.15, -0.1) is 6.58 Å². The van der Waals surface area contributed by atoms with E-state index >= 15 is 0 Å². The third kappa shape index (κ3) is 10.3. The summed E-state index contributed by atoms with van der Waals surface area (Å²) in [6, 6.07) is 3.00. The summed E-state index contributed by atoms with van der Waals surface area (Å²) in [6.45, 7) is 17.4. The average Bonchev–Trinajstić information content (AvgIpc) is 2.76. The van der Waals surface area contributed by atoms with Crippen LogP contribution in [0, 0.1) is 12.8 Å². The number of rotatable bonds is 13. The number of carbonyl (C=O) groups is 3. The van der Waals surface area contributed by atoms with Crippen LogP contribution >= 0.6 is 0 Å². The highest BCUT2D eigenvalue weighted by Gasteiger charge is 2.36. The second-order valence-corrected chi connectivity index (χ2v) is 10.6. The van der Waals surface area contributed by atoms with E-state index in [1.54, 1.807) is 45.9 Å². The summed E-state index contributed by atoms with van der Waals surface area (Å²) in [6.07, 6.45) is 4.06. The predicted molar refractivity (Wildman–Crippen MR) is 143 cm³/mol. The number of phenolic OH excluding ortho intramolecular Hbond substituents is 1. The minimum atomic E-state index is -0.966. The number of unbranched alkanes of at least 4 members (excludes halogenated alkanes) is 2. The third-order valence-corrected chi connectivity index (χ3v) is 5.48. The van der Waals surface area contributed by atoms with E-state index in [1.807, 2.05) is 13.8 Å². The number of aryl methyl sites for hydroxylation is 1. The predicted octanol–water partition coefficient (Wildman–Crippen LogP) is 5.00. The number of nitrogens with one attached hydrogen (secondary N) is 2. The lowest BCUT2D eigenvalue weighted by Crippen LogP contribution is -2.53. The maximum atomic E-state index is 13.9. The zero-order chi connectivity index (χ0) is 27.5. The van der Waals surface area contributed by atoms with Crippen molar-refractivity contribution in [1.82, 2.24) is 15.5 Å². The van der Waals surface area contributed by atoms with E-state index in [2.05, 4.69) is 24.1 Å². The van der Waals surface area contributed by atoms with E-state index in [4.69, 9.17) is 4.74 Å². The first-order valence-corrected chi connectivity index (χ1v) is 12.8. The topological polar surface area (TPSA) is 108 Å². The first kappa shape index (κ1) is 31.0. The highest BCUT2D eigenvalue weighted by atomic mass is 16.6. The molecule has 0 saturated heterocycles. The number of amides is 3. The summed E-state index contributed by atoms with van der Waals surface area (Å²) in [5.74, 6) is -0.538. The van der Waals surface area contributed by atoms with Gasteiger partial charge in [-0.05, 0) is 69.7 Å². The van der Waals surface area contributed by atoms with E-state index in [1.165, 1.54) is 11.0 Å². The molecule has 0 heterocycles. The fourth-order valence-corrected chi connectivity index (χ4v) is 3.81. The van der Waals surface area contributed by atoms with Crippen molar-refractivity contribution in [3.8, 4) is 5.75 Å². The molecule has 0 bridgehead atoms. The summed E-state index contributed by atoms with van der Waals surface area (Å²) in [5.41, 5.74) is 0.433. The molecule has 0 saturated carbocycles. The van der Waals surface area contributed by atoms with Crippen molar-refractivity contribution >= 4 is 17.9 Å². The molecule has 0 radical (unpaired) electrons. The van der Waals surface area contributed by atoms with Crippen LogP contribution in [0.4, 0.5) is 4.79 Å². The molecule has 2 unspecified atom stereocenters. The minimum absolute atomic E-state index is 0.0936. The van der Waals surface area contributed by atoms with E-state index in [-0.39, 0.29) is 24.1 Å². The van der Waals surface area contributed by atoms with Gasteiger partial charge >= 0.3 is 6.09 Å². The van der Waals surface area contributed by atoms with Gasteiger partial charge in [0.15, 0.2) is 0 Å². The molecule has 202 valence electrons. The van der Waals surface area contributed by atoms with Crippen molar-refractivity contribution in [2.24, 2.45) is 5.92 Å². The molecular weight excluding hydrogens is 458 g/mol. The summed E-state index contributed by atoms with van der Waals surface area (Å²) >= 11 is 0. The van der Waals surface area contributed by atoms with Crippen molar-refractivity contribution < 1.29 is 24.2 Å². The Labute approximate surface area is 216 Å². The molecule has 0 aliphatic heterocycles. The molecule has 3 amide bonds. The maximum absolute atomic E-state index is 13.9. The van der Waals surface area contributed by atoms with Crippen molar-refractivity contribution in [3.05, 3.63) is 42.0 Å². The van der Waals surface area contributed by atoms with Crippen LogP contribution in [0.3, 0.4) is 0 Å². The number of benzene rings is 1. The summed E-state index contributed by atoms with van der Waals surface area (Å²) in [4.78, 5) is 41.4. The molecule has 0 aliphatic carbocycles. The molecular formula is C28H45N3O5. The first-order chi connectivity index (χ1) is 16.8. The average molecular weight is 504 g/mol. The Bertz CT molecular complexity index is 892. The van der Waals surface area contributed by atoms with Crippen LogP contribution in [-0.2, 0) is 14.3 Å². The second-order valence-electron chi connectivity index (χ2n) is 10.6. The van der Waals surface area contributed by atoms with Gasteiger partial charge in [-0.25, -0.2) is 4.79 Å². The van der Waals surface area contributed by atoms with Crippen LogP contribution in [0.1, 0.15) is 84.4 Å². The maximum Gasteiger partial charge on any atom is 0.408 e. The molecule has 1 aromatic carbocycles. The molecule has 3 N–H and O–H groups in total. The lowest BCUT2D eigenvalue weighted by atomic mass is 9.98. The van der Waals surface area contributed by atoms with Crippen molar-refractivity contribution in [3.63, 3.8) is 0 Å². The Kier molecular flexibility index (Phi) is 12.5. The van der Waals surface area contributed by atoms with Gasteiger partial charge in [0, 0.05) is 13.1 Å². The quantitative estimate of drug-likeness (QED) is 0.259. The lowest BCUT2D eigenvalue weighted by Gasteiger charge is -2.34. The first-order valence-electron chi connectivity index (χ1n) is 12.8. The van der Waals surface area contributed by atoms with Crippen molar-refractivity contribution in [2.75, 3.05) is 13.1 Å². The number of nitrogens with zero attached hydrogens (tertiary/aromatic N) is 1.